The van der Waals surface area contributed by atoms with Gasteiger partial charge in [0, 0.05) is 0 Å². The number of aliphatic hydroxyl groups is 1. The SMILES string of the molecule is O=CC(=O)C/C(O)=C/Cc1ccccc1. The molecule has 15 heavy (non-hydrogen) atoms. The number of carbonyl (C=O) groups excluding carboxylic acids is 2. The highest BCUT2D eigenvalue weighted by Gasteiger charge is 2.02. The Bertz CT molecular complexity index is 366. The Morgan fingerprint density at radius 2 is 1.93 bits per heavy atom. The third kappa shape index (κ3) is 4.22. The van der Waals surface area contributed by atoms with Crippen molar-refractivity contribution in [3.05, 3.63) is 47.7 Å². The van der Waals surface area contributed by atoms with Crippen molar-refractivity contribution in [2.75, 3.05) is 0 Å². The van der Waals surface area contributed by atoms with Gasteiger partial charge in [-0.3, -0.25) is 9.59 Å². The van der Waals surface area contributed by atoms with Crippen LogP contribution in [0.25, 0.3) is 0 Å². The maximum Gasteiger partial charge on any atom is 0.202 e. The van der Waals surface area contributed by atoms with E-state index >= 15 is 0 Å². The number of ketones is 1. The van der Waals surface area contributed by atoms with E-state index in [0.29, 0.717) is 6.42 Å². The van der Waals surface area contributed by atoms with Gasteiger partial charge in [0.25, 0.3) is 0 Å². The van der Waals surface area contributed by atoms with Crippen LogP contribution < -0.4 is 0 Å². The molecule has 1 aromatic carbocycles. The lowest BCUT2D eigenvalue weighted by Gasteiger charge is -1.97. The van der Waals surface area contributed by atoms with Crippen LogP contribution in [0.1, 0.15) is 12.0 Å². The van der Waals surface area contributed by atoms with E-state index in [4.69, 9.17) is 0 Å². The fraction of sp³-hybridized carbons (Fsp3) is 0.167. The lowest BCUT2D eigenvalue weighted by molar-refractivity contribution is -0.129. The van der Waals surface area contributed by atoms with Gasteiger partial charge in [0.1, 0.15) is 0 Å². The predicted molar refractivity (Wildman–Crippen MR) is 56.5 cm³/mol. The van der Waals surface area contributed by atoms with E-state index in [1.165, 1.54) is 6.08 Å². The molecule has 0 aliphatic carbocycles. The van der Waals surface area contributed by atoms with Crippen molar-refractivity contribution >= 4 is 12.1 Å². The molecule has 0 saturated carbocycles. The van der Waals surface area contributed by atoms with Crippen molar-refractivity contribution in [2.24, 2.45) is 0 Å². The summed E-state index contributed by atoms with van der Waals surface area (Å²) in [4.78, 5) is 20.7. The van der Waals surface area contributed by atoms with Gasteiger partial charge < -0.3 is 5.11 Å². The number of rotatable bonds is 5. The molecule has 1 N–H and O–H groups in total. The summed E-state index contributed by atoms with van der Waals surface area (Å²) < 4.78 is 0. The number of hydrogen-bond donors (Lipinski definition) is 1. The second kappa shape index (κ2) is 5.75. The van der Waals surface area contributed by atoms with Gasteiger partial charge in [0.2, 0.25) is 5.78 Å². The Kier molecular flexibility index (Phi) is 4.29. The van der Waals surface area contributed by atoms with E-state index < -0.39 is 5.78 Å². The molecular weight excluding hydrogens is 192 g/mol. The summed E-state index contributed by atoms with van der Waals surface area (Å²) in [7, 11) is 0. The molecular formula is C12H12O3. The Balaban J connectivity index is 2.51. The predicted octanol–water partition coefficient (Wildman–Crippen LogP) is 1.83. The van der Waals surface area contributed by atoms with Gasteiger partial charge >= 0.3 is 0 Å². The van der Waals surface area contributed by atoms with E-state index in [0.717, 1.165) is 5.56 Å². The van der Waals surface area contributed by atoms with Crippen LogP contribution >= 0.6 is 0 Å². The average molecular weight is 204 g/mol. The number of aliphatic hydroxyl groups excluding tert-OH is 1. The second-order valence-electron chi connectivity index (χ2n) is 3.15. The molecule has 1 aromatic rings. The number of aldehydes is 1. The van der Waals surface area contributed by atoms with Crippen molar-refractivity contribution < 1.29 is 14.7 Å². The van der Waals surface area contributed by atoms with Crippen LogP contribution in [0, 0.1) is 0 Å². The Morgan fingerprint density at radius 3 is 2.53 bits per heavy atom. The Morgan fingerprint density at radius 1 is 1.27 bits per heavy atom. The molecule has 0 radical (unpaired) electrons. The summed E-state index contributed by atoms with van der Waals surface area (Å²) in [5.74, 6) is -0.673. The monoisotopic (exact) mass is 204 g/mol. The highest BCUT2D eigenvalue weighted by molar-refractivity contribution is 6.25. The van der Waals surface area contributed by atoms with Crippen molar-refractivity contribution in [1.82, 2.24) is 0 Å². The maximum absolute atomic E-state index is 10.7. The molecule has 0 heterocycles. The van der Waals surface area contributed by atoms with Crippen LogP contribution in [0.2, 0.25) is 0 Å². The van der Waals surface area contributed by atoms with Crippen molar-refractivity contribution in [3.63, 3.8) is 0 Å². The molecule has 78 valence electrons. The van der Waals surface area contributed by atoms with E-state index in [9.17, 15) is 14.7 Å². The molecule has 3 nitrogen and oxygen atoms in total. The fourth-order valence-corrected chi connectivity index (χ4v) is 1.14. The first-order chi connectivity index (χ1) is 7.22. The summed E-state index contributed by atoms with van der Waals surface area (Å²) in [5, 5.41) is 9.29. The minimum atomic E-state index is -0.614. The largest absolute Gasteiger partial charge is 0.512 e. The number of hydrogen-bond acceptors (Lipinski definition) is 3. The van der Waals surface area contributed by atoms with Gasteiger partial charge in [-0.25, -0.2) is 0 Å². The zero-order chi connectivity index (χ0) is 11.1. The van der Waals surface area contributed by atoms with Crippen molar-refractivity contribution in [1.29, 1.82) is 0 Å². The van der Waals surface area contributed by atoms with Crippen LogP contribution in [0.15, 0.2) is 42.2 Å². The van der Waals surface area contributed by atoms with Gasteiger partial charge in [-0.15, -0.1) is 0 Å². The molecule has 0 aliphatic heterocycles. The van der Waals surface area contributed by atoms with E-state index in [-0.39, 0.29) is 18.5 Å². The molecule has 0 atom stereocenters. The van der Waals surface area contributed by atoms with Crippen molar-refractivity contribution in [3.8, 4) is 0 Å². The molecule has 0 spiro atoms. The van der Waals surface area contributed by atoms with Gasteiger partial charge in [-0.2, -0.15) is 0 Å². The topological polar surface area (TPSA) is 54.4 Å². The Labute approximate surface area is 88.0 Å². The van der Waals surface area contributed by atoms with Gasteiger partial charge in [-0.05, 0) is 18.1 Å². The second-order valence-corrected chi connectivity index (χ2v) is 3.15. The minimum absolute atomic E-state index is 0.0593. The lowest BCUT2D eigenvalue weighted by atomic mass is 10.1. The number of carbonyl (C=O) groups is 2. The van der Waals surface area contributed by atoms with E-state index in [1.54, 1.807) is 0 Å². The highest BCUT2D eigenvalue weighted by Crippen LogP contribution is 2.04. The average Bonchev–Trinajstić information content (AvgIpc) is 2.27. The third-order valence-electron chi connectivity index (χ3n) is 1.90. The van der Waals surface area contributed by atoms with Gasteiger partial charge in [-0.1, -0.05) is 30.3 Å². The lowest BCUT2D eigenvalue weighted by Crippen LogP contribution is -2.00. The molecule has 0 saturated heterocycles. The number of benzene rings is 1. The summed E-state index contributed by atoms with van der Waals surface area (Å²) in [6.45, 7) is 0. The third-order valence-corrected chi connectivity index (χ3v) is 1.90. The quantitative estimate of drug-likeness (QED) is 0.452. The van der Waals surface area contributed by atoms with Crippen LogP contribution in [0.3, 0.4) is 0 Å². The molecule has 0 aliphatic rings. The van der Waals surface area contributed by atoms with E-state index in [2.05, 4.69) is 0 Å². The summed E-state index contributed by atoms with van der Waals surface area (Å²) in [6.07, 6.45) is 2.10. The molecule has 0 aromatic heterocycles. The first-order valence-electron chi connectivity index (χ1n) is 4.62. The van der Waals surface area contributed by atoms with Crippen LogP contribution in [0.5, 0.6) is 0 Å². The van der Waals surface area contributed by atoms with Gasteiger partial charge in [0.05, 0.1) is 12.2 Å². The smallest absolute Gasteiger partial charge is 0.202 e. The summed E-state index contributed by atoms with van der Waals surface area (Å²) in [6, 6.07) is 9.55. The molecule has 0 fully saturated rings. The minimum Gasteiger partial charge on any atom is -0.512 e. The molecule has 3 heteroatoms. The first kappa shape index (κ1) is 11.2. The van der Waals surface area contributed by atoms with Gasteiger partial charge in [0.15, 0.2) is 6.29 Å². The number of Topliss-reactive ketones (excluding diaryl/α,β-unsaturated/α-hetero) is 1. The van der Waals surface area contributed by atoms with Crippen LogP contribution in [-0.4, -0.2) is 17.2 Å². The van der Waals surface area contributed by atoms with Crippen LogP contribution in [0.4, 0.5) is 0 Å². The number of allylic oxidation sites excluding steroid dienone is 2. The van der Waals surface area contributed by atoms with E-state index in [1.807, 2.05) is 30.3 Å². The zero-order valence-electron chi connectivity index (χ0n) is 8.22. The molecule has 1 rings (SSSR count). The molecule has 0 amide bonds. The Hall–Kier alpha value is -1.90. The fourth-order valence-electron chi connectivity index (χ4n) is 1.14. The van der Waals surface area contributed by atoms with Crippen LogP contribution in [-0.2, 0) is 16.0 Å². The standard InChI is InChI=1S/C12H12O3/c13-9-12(15)8-11(14)7-6-10-4-2-1-3-5-10/h1-5,7,9,14H,6,8H2/b11-7-. The zero-order valence-corrected chi connectivity index (χ0v) is 8.22. The summed E-state index contributed by atoms with van der Waals surface area (Å²) >= 11 is 0. The first-order valence-corrected chi connectivity index (χ1v) is 4.62. The normalized spacial score (nSPS) is 11.1. The maximum atomic E-state index is 10.7. The van der Waals surface area contributed by atoms with Crippen molar-refractivity contribution in [2.45, 2.75) is 12.8 Å². The summed E-state index contributed by atoms with van der Waals surface area (Å²) in [5.41, 5.74) is 1.04. The molecule has 0 bridgehead atoms. The highest BCUT2D eigenvalue weighted by atomic mass is 16.3. The molecule has 0 unspecified atom stereocenters.